The highest BCUT2D eigenvalue weighted by molar-refractivity contribution is 8.27. The minimum Gasteiger partial charge on any atom is -0.378 e. The van der Waals surface area contributed by atoms with E-state index in [4.69, 9.17) is 5.41 Å². The maximum Gasteiger partial charge on any atom is 0.283 e. The van der Waals surface area contributed by atoms with Crippen molar-refractivity contribution < 1.29 is 4.79 Å². The number of anilines is 1. The van der Waals surface area contributed by atoms with Gasteiger partial charge < -0.3 is 4.90 Å². The fraction of sp³-hybridized carbons (Fsp3) is 0.368. The van der Waals surface area contributed by atoms with Crippen molar-refractivity contribution in [2.24, 2.45) is 16.0 Å². The second-order valence-electron chi connectivity index (χ2n) is 6.46. The second-order valence-corrected chi connectivity index (χ2v) is 7.45. The van der Waals surface area contributed by atoms with Gasteiger partial charge in [0.15, 0.2) is 5.84 Å². The number of aliphatic imine (C=N–C) groups is 1. The third kappa shape index (κ3) is 3.44. The molecule has 1 amide bonds. The number of carbonyl (C=O) groups is 1. The zero-order chi connectivity index (χ0) is 18.8. The Hall–Kier alpha value is -2.41. The van der Waals surface area contributed by atoms with Crippen LogP contribution in [0.15, 0.2) is 39.9 Å². The van der Waals surface area contributed by atoms with Gasteiger partial charge in [-0.3, -0.25) is 10.2 Å². The minimum absolute atomic E-state index is 0.0881. The molecule has 7 heteroatoms. The Morgan fingerprint density at radius 2 is 1.88 bits per heavy atom. The molecule has 0 bridgehead atoms. The molecule has 0 atom stereocenters. The number of rotatable bonds is 5. The summed E-state index contributed by atoms with van der Waals surface area (Å²) in [5.41, 5.74) is 2.20. The summed E-state index contributed by atoms with van der Waals surface area (Å²) in [4.78, 5) is 18.6. The van der Waals surface area contributed by atoms with E-state index in [1.807, 2.05) is 43.3 Å². The summed E-state index contributed by atoms with van der Waals surface area (Å²) in [7, 11) is 3.95. The number of fused-ring (bicyclic) bond motifs is 1. The van der Waals surface area contributed by atoms with Crippen molar-refractivity contribution in [1.82, 2.24) is 5.01 Å². The number of carbonyl (C=O) groups excluding carboxylic acids is 1. The molecule has 0 unspecified atom stereocenters. The maximum absolute atomic E-state index is 12.4. The third-order valence-corrected chi connectivity index (χ3v) is 5.60. The lowest BCUT2D eigenvalue weighted by molar-refractivity contribution is -0.114. The van der Waals surface area contributed by atoms with Crippen molar-refractivity contribution in [3.05, 3.63) is 35.4 Å². The lowest BCUT2D eigenvalue weighted by Crippen LogP contribution is -2.35. The topological polar surface area (TPSA) is 72.1 Å². The lowest BCUT2D eigenvalue weighted by Gasteiger charge is -2.20. The van der Waals surface area contributed by atoms with Crippen LogP contribution in [-0.4, -0.2) is 41.1 Å². The number of nitrogens with zero attached hydrogens (tertiary/aromatic N) is 4. The fourth-order valence-electron chi connectivity index (χ4n) is 2.85. The van der Waals surface area contributed by atoms with Crippen LogP contribution in [0.4, 0.5) is 5.69 Å². The minimum atomic E-state index is -0.383. The molecule has 0 saturated heterocycles. The van der Waals surface area contributed by atoms with E-state index in [2.05, 4.69) is 23.9 Å². The Bertz CT molecular complexity index is 819. The predicted octanol–water partition coefficient (Wildman–Crippen LogP) is 3.81. The van der Waals surface area contributed by atoms with E-state index < -0.39 is 0 Å². The molecule has 0 radical (unpaired) electrons. The van der Waals surface area contributed by atoms with Gasteiger partial charge in [0, 0.05) is 25.7 Å². The summed E-state index contributed by atoms with van der Waals surface area (Å²) in [5, 5.41) is 15.9. The summed E-state index contributed by atoms with van der Waals surface area (Å²) < 4.78 is 0. The van der Waals surface area contributed by atoms with Crippen LogP contribution >= 0.6 is 11.8 Å². The highest BCUT2D eigenvalue weighted by atomic mass is 32.2. The van der Waals surface area contributed by atoms with Gasteiger partial charge >= 0.3 is 0 Å². The molecule has 2 aliphatic rings. The number of amidine groups is 2. The molecule has 26 heavy (non-hydrogen) atoms. The van der Waals surface area contributed by atoms with Gasteiger partial charge in [0.05, 0.1) is 5.57 Å². The van der Waals surface area contributed by atoms with Crippen molar-refractivity contribution in [3.63, 3.8) is 0 Å². The van der Waals surface area contributed by atoms with E-state index in [1.165, 1.54) is 16.8 Å². The first-order valence-corrected chi connectivity index (χ1v) is 9.53. The molecule has 3 rings (SSSR count). The normalized spacial score (nSPS) is 18.3. The maximum atomic E-state index is 12.4. The molecule has 2 aliphatic heterocycles. The zero-order valence-corrected chi connectivity index (χ0v) is 16.3. The van der Waals surface area contributed by atoms with E-state index >= 15 is 0 Å². The third-order valence-electron chi connectivity index (χ3n) is 4.53. The van der Waals surface area contributed by atoms with Gasteiger partial charge in [-0.05, 0) is 48.4 Å². The Balaban J connectivity index is 1.89. The number of thioether (sulfide) groups is 1. The van der Waals surface area contributed by atoms with Gasteiger partial charge in [-0.25, -0.2) is 0 Å². The molecule has 0 saturated carbocycles. The molecular weight excluding hydrogens is 346 g/mol. The van der Waals surface area contributed by atoms with Crippen molar-refractivity contribution in [3.8, 4) is 0 Å². The molecule has 0 aromatic heterocycles. The first kappa shape index (κ1) is 18.4. The summed E-state index contributed by atoms with van der Waals surface area (Å²) in [5.74, 6) is 0.0405. The molecule has 1 N–H and O–H groups in total. The molecule has 0 spiro atoms. The quantitative estimate of drug-likeness (QED) is 0.801. The van der Waals surface area contributed by atoms with Gasteiger partial charge in [0.1, 0.15) is 5.04 Å². The molecule has 1 aromatic carbocycles. The van der Waals surface area contributed by atoms with Crippen LogP contribution in [0.25, 0.3) is 6.08 Å². The van der Waals surface area contributed by atoms with E-state index in [0.717, 1.165) is 29.1 Å². The Labute approximate surface area is 158 Å². The summed E-state index contributed by atoms with van der Waals surface area (Å²) >= 11 is 1.40. The Morgan fingerprint density at radius 3 is 2.46 bits per heavy atom. The average Bonchev–Trinajstić information content (AvgIpc) is 3.04. The Morgan fingerprint density at radius 1 is 1.23 bits per heavy atom. The van der Waals surface area contributed by atoms with Crippen LogP contribution in [0.2, 0.25) is 0 Å². The van der Waals surface area contributed by atoms with E-state index in [-0.39, 0.29) is 17.3 Å². The SMILES string of the molecule is CCC(CC)C1=NN2C(=N)/C(=C\c3ccc(N(C)C)cc3)C(=O)N=C2S1. The molecule has 0 fully saturated rings. The van der Waals surface area contributed by atoms with Crippen LogP contribution in [0.1, 0.15) is 32.3 Å². The first-order valence-electron chi connectivity index (χ1n) is 8.72. The van der Waals surface area contributed by atoms with E-state index in [1.54, 1.807) is 6.08 Å². The van der Waals surface area contributed by atoms with Crippen LogP contribution < -0.4 is 4.90 Å². The van der Waals surface area contributed by atoms with Gasteiger partial charge in [0.25, 0.3) is 5.91 Å². The van der Waals surface area contributed by atoms with E-state index in [9.17, 15) is 4.79 Å². The molecule has 6 nitrogen and oxygen atoms in total. The van der Waals surface area contributed by atoms with Gasteiger partial charge in [-0.1, -0.05) is 26.0 Å². The highest BCUT2D eigenvalue weighted by Crippen LogP contribution is 2.32. The van der Waals surface area contributed by atoms with Crippen LogP contribution in [0, 0.1) is 11.3 Å². The predicted molar refractivity (Wildman–Crippen MR) is 110 cm³/mol. The first-order chi connectivity index (χ1) is 12.4. The van der Waals surface area contributed by atoms with Gasteiger partial charge in [-0.15, -0.1) is 0 Å². The molecule has 136 valence electrons. The number of benzene rings is 1. The summed E-state index contributed by atoms with van der Waals surface area (Å²) in [6.45, 7) is 4.24. The van der Waals surface area contributed by atoms with Crippen molar-refractivity contribution in [2.45, 2.75) is 26.7 Å². The lowest BCUT2D eigenvalue weighted by atomic mass is 10.1. The summed E-state index contributed by atoms with van der Waals surface area (Å²) in [6.07, 6.45) is 3.66. The number of hydrazone groups is 1. The number of nitrogens with one attached hydrogen (secondary N) is 1. The highest BCUT2D eigenvalue weighted by Gasteiger charge is 2.37. The van der Waals surface area contributed by atoms with Crippen LogP contribution in [-0.2, 0) is 4.79 Å². The number of amides is 1. The second kappa shape index (κ2) is 7.45. The standard InChI is InChI=1S/C19H23N5OS/c1-5-13(6-2)18-22-24-16(20)15(17(25)21-19(24)26-18)11-12-7-9-14(10-8-12)23(3)4/h7-11,13,20H,5-6H2,1-4H3/b15-11+,20-16?. The number of hydrogen-bond donors (Lipinski definition) is 1. The van der Waals surface area contributed by atoms with Crippen LogP contribution in [0.3, 0.4) is 0 Å². The average molecular weight is 369 g/mol. The van der Waals surface area contributed by atoms with E-state index in [0.29, 0.717) is 11.1 Å². The largest absolute Gasteiger partial charge is 0.378 e. The summed E-state index contributed by atoms with van der Waals surface area (Å²) in [6, 6.07) is 7.82. The fourth-order valence-corrected chi connectivity index (χ4v) is 4.00. The van der Waals surface area contributed by atoms with Crippen molar-refractivity contribution in [1.29, 1.82) is 5.41 Å². The van der Waals surface area contributed by atoms with Crippen LogP contribution in [0.5, 0.6) is 0 Å². The van der Waals surface area contributed by atoms with Gasteiger partial charge in [0.2, 0.25) is 5.17 Å². The monoisotopic (exact) mass is 369 g/mol. The zero-order valence-electron chi connectivity index (χ0n) is 15.5. The number of hydrogen-bond acceptors (Lipinski definition) is 5. The molecule has 1 aromatic rings. The van der Waals surface area contributed by atoms with Crippen molar-refractivity contribution >= 4 is 45.5 Å². The van der Waals surface area contributed by atoms with Crippen molar-refractivity contribution in [2.75, 3.05) is 19.0 Å². The molecule has 0 aliphatic carbocycles. The Kier molecular flexibility index (Phi) is 5.27. The molecular formula is C19H23N5OS. The smallest absolute Gasteiger partial charge is 0.283 e. The molecule has 2 heterocycles. The van der Waals surface area contributed by atoms with Gasteiger partial charge in [-0.2, -0.15) is 15.1 Å².